The van der Waals surface area contributed by atoms with Crippen molar-refractivity contribution in [3.05, 3.63) is 44.9 Å². The van der Waals surface area contributed by atoms with E-state index < -0.39 is 14.9 Å². The van der Waals surface area contributed by atoms with Gasteiger partial charge in [0.25, 0.3) is 5.69 Å². The molecule has 1 aromatic carbocycles. The predicted octanol–water partition coefficient (Wildman–Crippen LogP) is 1.11. The van der Waals surface area contributed by atoms with Gasteiger partial charge in [-0.1, -0.05) is 0 Å². The number of hydrogen-bond acceptors (Lipinski definition) is 7. The number of sulfonamides is 1. The Morgan fingerprint density at radius 3 is 2.75 bits per heavy atom. The third-order valence-electron chi connectivity index (χ3n) is 2.43. The lowest BCUT2D eigenvalue weighted by Gasteiger charge is -2.06. The van der Waals surface area contributed by atoms with Gasteiger partial charge < -0.3 is 5.73 Å². The first-order chi connectivity index (χ1) is 9.40. The van der Waals surface area contributed by atoms with E-state index in [-0.39, 0.29) is 22.8 Å². The number of aromatic nitrogens is 1. The maximum absolute atomic E-state index is 12.0. The highest BCUT2D eigenvalue weighted by molar-refractivity contribution is 7.89. The van der Waals surface area contributed by atoms with Crippen molar-refractivity contribution < 1.29 is 13.3 Å². The quantitative estimate of drug-likeness (QED) is 0.483. The largest absolute Gasteiger partial charge is 0.393 e. The number of nitrogens with zero attached hydrogens (tertiary/aromatic N) is 2. The smallest absolute Gasteiger partial charge is 0.292 e. The van der Waals surface area contributed by atoms with Crippen LogP contribution in [0, 0.1) is 10.1 Å². The minimum atomic E-state index is -3.79. The summed E-state index contributed by atoms with van der Waals surface area (Å²) in [7, 11) is -3.79. The lowest BCUT2D eigenvalue weighted by Crippen LogP contribution is -2.23. The number of nitro benzene ring substituents is 1. The van der Waals surface area contributed by atoms with Crippen LogP contribution in [0.2, 0.25) is 0 Å². The third-order valence-corrected chi connectivity index (χ3v) is 4.47. The number of thiazole rings is 1. The van der Waals surface area contributed by atoms with E-state index in [9.17, 15) is 18.5 Å². The van der Waals surface area contributed by atoms with Crippen LogP contribution in [0.3, 0.4) is 0 Å². The molecule has 10 heteroatoms. The first-order valence-corrected chi connectivity index (χ1v) is 7.73. The minimum Gasteiger partial charge on any atom is -0.393 e. The van der Waals surface area contributed by atoms with Crippen molar-refractivity contribution in [3.63, 3.8) is 0 Å². The highest BCUT2D eigenvalue weighted by Crippen LogP contribution is 2.24. The van der Waals surface area contributed by atoms with Crippen LogP contribution < -0.4 is 10.5 Å². The van der Waals surface area contributed by atoms with E-state index in [1.54, 1.807) is 10.9 Å². The van der Waals surface area contributed by atoms with Gasteiger partial charge in [-0.25, -0.2) is 18.1 Å². The SMILES string of the molecule is Nc1cc(S(=O)(=O)NCc2cscn2)ccc1[N+](=O)[O-]. The van der Waals surface area contributed by atoms with Gasteiger partial charge in [0.1, 0.15) is 5.69 Å². The van der Waals surface area contributed by atoms with Crippen molar-refractivity contribution in [1.29, 1.82) is 0 Å². The molecule has 0 aliphatic rings. The van der Waals surface area contributed by atoms with Gasteiger partial charge in [-0.05, 0) is 12.1 Å². The van der Waals surface area contributed by atoms with Gasteiger partial charge in [0.15, 0.2) is 0 Å². The zero-order valence-corrected chi connectivity index (χ0v) is 11.6. The first-order valence-electron chi connectivity index (χ1n) is 5.31. The summed E-state index contributed by atoms with van der Waals surface area (Å²) in [6.07, 6.45) is 0. The van der Waals surface area contributed by atoms with Crippen LogP contribution in [-0.4, -0.2) is 18.3 Å². The van der Waals surface area contributed by atoms with Crippen LogP contribution in [0.1, 0.15) is 5.69 Å². The van der Waals surface area contributed by atoms with Gasteiger partial charge in [-0.15, -0.1) is 11.3 Å². The van der Waals surface area contributed by atoms with Gasteiger partial charge in [-0.3, -0.25) is 10.1 Å². The molecule has 0 unspecified atom stereocenters. The summed E-state index contributed by atoms with van der Waals surface area (Å²) in [5, 5.41) is 12.3. The molecule has 1 heterocycles. The second-order valence-electron chi connectivity index (χ2n) is 3.78. The molecule has 106 valence electrons. The Balaban J connectivity index is 2.21. The molecule has 0 aliphatic heterocycles. The van der Waals surface area contributed by atoms with Crippen molar-refractivity contribution in [2.75, 3.05) is 5.73 Å². The number of rotatable bonds is 5. The van der Waals surface area contributed by atoms with Gasteiger partial charge in [0, 0.05) is 11.4 Å². The van der Waals surface area contributed by atoms with Crippen molar-refractivity contribution in [1.82, 2.24) is 9.71 Å². The summed E-state index contributed by atoms with van der Waals surface area (Å²) in [6, 6.07) is 3.26. The molecule has 0 saturated heterocycles. The fourth-order valence-electron chi connectivity index (χ4n) is 1.44. The van der Waals surface area contributed by atoms with Crippen LogP contribution >= 0.6 is 11.3 Å². The highest BCUT2D eigenvalue weighted by atomic mass is 32.2. The van der Waals surface area contributed by atoms with E-state index in [4.69, 9.17) is 5.73 Å². The number of nitro groups is 1. The molecule has 0 spiro atoms. The summed E-state index contributed by atoms with van der Waals surface area (Å²) in [5.41, 5.74) is 7.11. The van der Waals surface area contributed by atoms with Crippen LogP contribution in [-0.2, 0) is 16.6 Å². The van der Waals surface area contributed by atoms with Gasteiger partial charge in [0.2, 0.25) is 10.0 Å². The number of nitrogens with one attached hydrogen (secondary N) is 1. The Kier molecular flexibility index (Phi) is 3.97. The Morgan fingerprint density at radius 1 is 1.45 bits per heavy atom. The zero-order valence-electron chi connectivity index (χ0n) is 10.0. The first kappa shape index (κ1) is 14.4. The molecule has 0 fully saturated rings. The molecule has 0 amide bonds. The number of nitrogens with two attached hydrogens (primary N) is 1. The maximum Gasteiger partial charge on any atom is 0.292 e. The standard InChI is InChI=1S/C10H10N4O4S2/c11-9-3-8(1-2-10(9)14(15)16)20(17,18)13-4-7-5-19-6-12-7/h1-3,5-6,13H,4,11H2. The second-order valence-corrected chi connectivity index (χ2v) is 6.27. The molecule has 3 N–H and O–H groups in total. The second kappa shape index (κ2) is 5.53. The van der Waals surface area contributed by atoms with Crippen molar-refractivity contribution in [2.45, 2.75) is 11.4 Å². The molecule has 20 heavy (non-hydrogen) atoms. The summed E-state index contributed by atoms with van der Waals surface area (Å²) in [4.78, 5) is 13.8. The number of anilines is 1. The molecule has 2 rings (SSSR count). The van der Waals surface area contributed by atoms with E-state index in [2.05, 4.69) is 9.71 Å². The van der Waals surface area contributed by atoms with Crippen LogP contribution in [0.15, 0.2) is 34.0 Å². The fraction of sp³-hybridized carbons (Fsp3) is 0.100. The average Bonchev–Trinajstić information content (AvgIpc) is 2.89. The topological polar surface area (TPSA) is 128 Å². The predicted molar refractivity (Wildman–Crippen MR) is 73.6 cm³/mol. The van der Waals surface area contributed by atoms with Crippen molar-refractivity contribution in [2.24, 2.45) is 0 Å². The average molecular weight is 314 g/mol. The van der Waals surface area contributed by atoms with Crippen molar-refractivity contribution in [3.8, 4) is 0 Å². The van der Waals surface area contributed by atoms with Crippen molar-refractivity contribution >= 4 is 32.7 Å². The molecular formula is C10H10N4O4S2. The molecule has 0 saturated carbocycles. The maximum atomic E-state index is 12.0. The molecule has 1 aromatic heterocycles. The normalized spacial score (nSPS) is 11.4. The highest BCUT2D eigenvalue weighted by Gasteiger charge is 2.19. The molecule has 8 nitrogen and oxygen atoms in total. The van der Waals surface area contributed by atoms with Gasteiger partial charge in [0.05, 0.1) is 27.6 Å². The van der Waals surface area contributed by atoms with E-state index in [0.29, 0.717) is 5.69 Å². The van der Waals surface area contributed by atoms with Crippen LogP contribution in [0.25, 0.3) is 0 Å². The van der Waals surface area contributed by atoms with E-state index in [1.807, 2.05) is 0 Å². The molecular weight excluding hydrogens is 304 g/mol. The summed E-state index contributed by atoms with van der Waals surface area (Å²) < 4.78 is 26.3. The Labute approximate surface area is 118 Å². The summed E-state index contributed by atoms with van der Waals surface area (Å²) in [5.74, 6) is 0. The van der Waals surface area contributed by atoms with E-state index in [0.717, 1.165) is 18.2 Å². The summed E-state index contributed by atoms with van der Waals surface area (Å²) in [6.45, 7) is 0.0444. The van der Waals surface area contributed by atoms with Gasteiger partial charge >= 0.3 is 0 Å². The molecule has 0 atom stereocenters. The Hall–Kier alpha value is -2.04. The zero-order chi connectivity index (χ0) is 14.8. The molecule has 0 aliphatic carbocycles. The minimum absolute atomic E-state index is 0.0444. The molecule has 0 radical (unpaired) electrons. The Morgan fingerprint density at radius 2 is 2.20 bits per heavy atom. The number of benzene rings is 1. The number of hydrogen-bond donors (Lipinski definition) is 2. The van der Waals surface area contributed by atoms with Gasteiger partial charge in [-0.2, -0.15) is 0 Å². The third kappa shape index (κ3) is 3.10. The van der Waals surface area contributed by atoms with E-state index in [1.165, 1.54) is 11.3 Å². The number of nitrogen functional groups attached to an aromatic ring is 1. The lowest BCUT2D eigenvalue weighted by molar-refractivity contribution is -0.383. The fourth-order valence-corrected chi connectivity index (χ4v) is 3.04. The van der Waals surface area contributed by atoms with Crippen LogP contribution in [0.4, 0.5) is 11.4 Å². The monoisotopic (exact) mass is 314 g/mol. The van der Waals surface area contributed by atoms with Crippen LogP contribution in [0.5, 0.6) is 0 Å². The Bertz CT molecular complexity index is 728. The van der Waals surface area contributed by atoms with E-state index >= 15 is 0 Å². The summed E-state index contributed by atoms with van der Waals surface area (Å²) >= 11 is 1.35. The molecule has 0 bridgehead atoms. The lowest BCUT2D eigenvalue weighted by atomic mass is 10.3. The molecule has 2 aromatic rings.